The van der Waals surface area contributed by atoms with Gasteiger partial charge < -0.3 is 4.74 Å². The van der Waals surface area contributed by atoms with Crippen LogP contribution in [-0.4, -0.2) is 7.11 Å². The molecule has 0 heterocycles. The molecule has 0 aliphatic rings. The SMILES string of the molecule is C=C(Cl)/C=C(\C=C(/C)Cl)OC. The molecule has 0 radical (unpaired) electrons. The fraction of sp³-hybridized carbons (Fsp3) is 0.250. The van der Waals surface area contributed by atoms with Crippen LogP contribution in [0.2, 0.25) is 0 Å². The lowest BCUT2D eigenvalue weighted by Gasteiger charge is -1.98. The number of methoxy groups -OCH3 is 1. The van der Waals surface area contributed by atoms with Gasteiger partial charge in [-0.15, -0.1) is 0 Å². The topological polar surface area (TPSA) is 9.23 Å². The van der Waals surface area contributed by atoms with Gasteiger partial charge in [-0.05, 0) is 19.1 Å². The first-order valence-corrected chi connectivity index (χ1v) is 3.75. The van der Waals surface area contributed by atoms with E-state index >= 15 is 0 Å². The first kappa shape index (κ1) is 10.6. The number of rotatable bonds is 3. The molecule has 0 aliphatic heterocycles. The van der Waals surface area contributed by atoms with Crippen LogP contribution in [0.15, 0.2) is 34.6 Å². The van der Waals surface area contributed by atoms with Crippen molar-refractivity contribution in [1.29, 1.82) is 0 Å². The summed E-state index contributed by atoms with van der Waals surface area (Å²) in [4.78, 5) is 0. The summed E-state index contributed by atoms with van der Waals surface area (Å²) in [6.07, 6.45) is 3.25. The number of allylic oxidation sites excluding steroid dienone is 4. The molecule has 0 aliphatic carbocycles. The fourth-order valence-electron chi connectivity index (χ4n) is 0.510. The quantitative estimate of drug-likeness (QED) is 0.492. The molecule has 0 unspecified atom stereocenters. The summed E-state index contributed by atoms with van der Waals surface area (Å²) in [5.74, 6) is 0.595. The Hall–Kier alpha value is -0.400. The van der Waals surface area contributed by atoms with Crippen LogP contribution >= 0.6 is 23.2 Å². The van der Waals surface area contributed by atoms with Gasteiger partial charge in [0.25, 0.3) is 0 Å². The lowest BCUT2D eigenvalue weighted by molar-refractivity contribution is 0.306. The molecule has 11 heavy (non-hydrogen) atoms. The number of halogens is 2. The predicted octanol–water partition coefficient (Wildman–Crippen LogP) is 3.41. The van der Waals surface area contributed by atoms with Crippen LogP contribution in [0.4, 0.5) is 0 Å². The van der Waals surface area contributed by atoms with Crippen molar-refractivity contribution in [2.75, 3.05) is 7.11 Å². The smallest absolute Gasteiger partial charge is 0.121 e. The molecular formula is C8H10Cl2O. The second-order valence-corrected chi connectivity index (χ2v) is 3.01. The number of hydrogen-bond acceptors (Lipinski definition) is 1. The van der Waals surface area contributed by atoms with Crippen LogP contribution in [-0.2, 0) is 4.74 Å². The highest BCUT2D eigenvalue weighted by atomic mass is 35.5. The molecule has 0 saturated heterocycles. The van der Waals surface area contributed by atoms with Crippen LogP contribution in [0.25, 0.3) is 0 Å². The van der Waals surface area contributed by atoms with Crippen molar-refractivity contribution in [2.24, 2.45) is 0 Å². The lowest BCUT2D eigenvalue weighted by Crippen LogP contribution is -1.81. The molecular weight excluding hydrogens is 183 g/mol. The highest BCUT2D eigenvalue weighted by Gasteiger charge is 1.91. The molecule has 0 fully saturated rings. The van der Waals surface area contributed by atoms with E-state index < -0.39 is 0 Å². The molecule has 0 rings (SSSR count). The minimum Gasteiger partial charge on any atom is -0.497 e. The summed E-state index contributed by atoms with van der Waals surface area (Å²) in [5, 5.41) is 1.05. The maximum absolute atomic E-state index is 5.60. The Bertz CT molecular complexity index is 200. The third-order valence-corrected chi connectivity index (χ3v) is 1.09. The zero-order chi connectivity index (χ0) is 8.85. The van der Waals surface area contributed by atoms with E-state index in [9.17, 15) is 0 Å². The van der Waals surface area contributed by atoms with Crippen molar-refractivity contribution in [3.8, 4) is 0 Å². The van der Waals surface area contributed by atoms with Gasteiger partial charge in [0.15, 0.2) is 0 Å². The summed E-state index contributed by atoms with van der Waals surface area (Å²) in [6, 6.07) is 0. The molecule has 0 atom stereocenters. The van der Waals surface area contributed by atoms with Crippen LogP contribution in [0.5, 0.6) is 0 Å². The van der Waals surface area contributed by atoms with Crippen molar-refractivity contribution >= 4 is 23.2 Å². The minimum atomic E-state index is 0.413. The highest BCUT2D eigenvalue weighted by molar-refractivity contribution is 6.31. The van der Waals surface area contributed by atoms with Gasteiger partial charge in [0, 0.05) is 10.1 Å². The second-order valence-electron chi connectivity index (χ2n) is 1.93. The molecule has 3 heteroatoms. The average molecular weight is 193 g/mol. The molecule has 0 N–H and O–H groups in total. The molecule has 0 bridgehead atoms. The Morgan fingerprint density at radius 3 is 2.18 bits per heavy atom. The summed E-state index contributed by atoms with van der Waals surface area (Å²) in [7, 11) is 1.54. The first-order valence-electron chi connectivity index (χ1n) is 3.00. The summed E-state index contributed by atoms with van der Waals surface area (Å²) in [5.41, 5.74) is 0. The van der Waals surface area contributed by atoms with Gasteiger partial charge in [-0.2, -0.15) is 0 Å². The standard InChI is InChI=1S/C8H10Cl2O/c1-6(9)4-8(11-3)5-7(2)10/h4-5H,1H2,2-3H3/b7-5+,8-4+. The van der Waals surface area contributed by atoms with Gasteiger partial charge in [-0.1, -0.05) is 29.8 Å². The van der Waals surface area contributed by atoms with E-state index in [1.165, 1.54) is 0 Å². The molecule has 0 aromatic heterocycles. The van der Waals surface area contributed by atoms with Gasteiger partial charge in [0.05, 0.1) is 7.11 Å². The number of ether oxygens (including phenoxy) is 1. The Morgan fingerprint density at radius 2 is 1.91 bits per heavy atom. The Balaban J connectivity index is 4.41. The van der Waals surface area contributed by atoms with Gasteiger partial charge in [0.2, 0.25) is 0 Å². The zero-order valence-electron chi connectivity index (χ0n) is 6.53. The highest BCUT2D eigenvalue weighted by Crippen LogP contribution is 2.10. The molecule has 62 valence electrons. The lowest BCUT2D eigenvalue weighted by atomic mass is 10.4. The van der Waals surface area contributed by atoms with E-state index in [1.54, 1.807) is 26.2 Å². The van der Waals surface area contributed by atoms with Crippen LogP contribution in [0.3, 0.4) is 0 Å². The van der Waals surface area contributed by atoms with E-state index in [1.807, 2.05) is 0 Å². The largest absolute Gasteiger partial charge is 0.497 e. The van der Waals surface area contributed by atoms with Crippen LogP contribution in [0, 0.1) is 0 Å². The Morgan fingerprint density at radius 1 is 1.36 bits per heavy atom. The monoisotopic (exact) mass is 192 g/mol. The number of hydrogen-bond donors (Lipinski definition) is 0. The molecule has 0 aromatic rings. The second kappa shape index (κ2) is 5.28. The van der Waals surface area contributed by atoms with Gasteiger partial charge in [-0.25, -0.2) is 0 Å². The molecule has 0 saturated carbocycles. The van der Waals surface area contributed by atoms with Crippen molar-refractivity contribution in [2.45, 2.75) is 6.92 Å². The van der Waals surface area contributed by atoms with Gasteiger partial charge in [0.1, 0.15) is 5.76 Å². The maximum Gasteiger partial charge on any atom is 0.121 e. The van der Waals surface area contributed by atoms with E-state index in [2.05, 4.69) is 6.58 Å². The fourth-order valence-corrected chi connectivity index (χ4v) is 0.725. The molecule has 0 amide bonds. The molecule has 0 spiro atoms. The Kier molecular flexibility index (Phi) is 5.08. The predicted molar refractivity (Wildman–Crippen MR) is 49.7 cm³/mol. The van der Waals surface area contributed by atoms with Crippen LogP contribution in [0.1, 0.15) is 6.92 Å². The van der Waals surface area contributed by atoms with E-state index in [0.717, 1.165) is 0 Å². The summed E-state index contributed by atoms with van der Waals surface area (Å²) < 4.78 is 4.93. The average Bonchev–Trinajstić information content (AvgIpc) is 1.84. The first-order chi connectivity index (χ1) is 5.06. The van der Waals surface area contributed by atoms with Crippen molar-refractivity contribution in [3.05, 3.63) is 34.6 Å². The van der Waals surface area contributed by atoms with Crippen LogP contribution < -0.4 is 0 Å². The summed E-state index contributed by atoms with van der Waals surface area (Å²) >= 11 is 11.1. The third kappa shape index (κ3) is 6.02. The van der Waals surface area contributed by atoms with E-state index in [-0.39, 0.29) is 0 Å². The van der Waals surface area contributed by atoms with Crippen molar-refractivity contribution in [3.63, 3.8) is 0 Å². The Labute approximate surface area is 76.9 Å². The van der Waals surface area contributed by atoms with E-state index in [0.29, 0.717) is 15.8 Å². The zero-order valence-corrected chi connectivity index (χ0v) is 8.04. The summed E-state index contributed by atoms with van der Waals surface area (Å²) in [6.45, 7) is 5.24. The normalized spacial score (nSPS) is 13.1. The van der Waals surface area contributed by atoms with Gasteiger partial charge >= 0.3 is 0 Å². The molecule has 1 nitrogen and oxygen atoms in total. The maximum atomic E-state index is 5.60. The minimum absolute atomic E-state index is 0.413. The molecule has 0 aromatic carbocycles. The van der Waals surface area contributed by atoms with Crippen molar-refractivity contribution in [1.82, 2.24) is 0 Å². The van der Waals surface area contributed by atoms with Gasteiger partial charge in [-0.3, -0.25) is 0 Å². The van der Waals surface area contributed by atoms with E-state index in [4.69, 9.17) is 27.9 Å². The third-order valence-electron chi connectivity index (χ3n) is 0.876. The van der Waals surface area contributed by atoms with Crippen molar-refractivity contribution < 1.29 is 4.74 Å².